The second-order valence-electron chi connectivity index (χ2n) is 6.64. The van der Waals surface area contributed by atoms with Gasteiger partial charge in [-0.1, -0.05) is 6.42 Å². The van der Waals surface area contributed by atoms with Crippen LogP contribution in [0.1, 0.15) is 32.1 Å². The third-order valence-corrected chi connectivity index (χ3v) is 5.27. The van der Waals surface area contributed by atoms with Gasteiger partial charge in [-0.25, -0.2) is 4.79 Å². The zero-order chi connectivity index (χ0) is 16.4. The number of likely N-dealkylation sites (tertiary alicyclic amines) is 1. The molecule has 1 amide bonds. The van der Waals surface area contributed by atoms with E-state index in [1.807, 2.05) is 4.90 Å². The van der Waals surface area contributed by atoms with E-state index in [1.54, 1.807) is 7.11 Å². The van der Waals surface area contributed by atoms with Crippen LogP contribution in [0.3, 0.4) is 0 Å². The molecule has 7 heteroatoms. The molecule has 1 spiro atoms. The first-order valence-electron chi connectivity index (χ1n) is 8.14. The van der Waals surface area contributed by atoms with Gasteiger partial charge in [-0.15, -0.1) is 0 Å². The predicted molar refractivity (Wildman–Crippen MR) is 84.2 cm³/mol. The Balaban J connectivity index is 1.72. The van der Waals surface area contributed by atoms with Crippen molar-refractivity contribution in [1.29, 1.82) is 0 Å². The van der Waals surface area contributed by atoms with Crippen molar-refractivity contribution in [3.05, 3.63) is 33.1 Å². The highest BCUT2D eigenvalue weighted by molar-refractivity contribution is 5.76. The molecule has 1 saturated carbocycles. The molecule has 1 aliphatic carbocycles. The molecule has 2 fully saturated rings. The summed E-state index contributed by atoms with van der Waals surface area (Å²) in [7, 11) is 1.75. The van der Waals surface area contributed by atoms with E-state index >= 15 is 0 Å². The number of rotatable bonds is 3. The highest BCUT2D eigenvalue weighted by Gasteiger charge is 2.46. The molecule has 1 N–H and O–H groups in total. The van der Waals surface area contributed by atoms with Gasteiger partial charge in [0.15, 0.2) is 0 Å². The summed E-state index contributed by atoms with van der Waals surface area (Å²) in [4.78, 5) is 39.4. The summed E-state index contributed by atoms with van der Waals surface area (Å²) in [5.74, 6) is -0.0834. The molecule has 126 valence electrons. The molecular formula is C16H23N3O4. The number of methoxy groups -OCH3 is 1. The SMILES string of the molecule is CO[C@@H]1CCC[C@@]12CCCN(C(=O)Cn1ccc(=O)[nH]c1=O)C2. The van der Waals surface area contributed by atoms with Crippen molar-refractivity contribution in [2.45, 2.75) is 44.8 Å². The molecule has 7 nitrogen and oxygen atoms in total. The monoisotopic (exact) mass is 321 g/mol. The standard InChI is InChI=1S/C16H23N3O4/c1-23-12-4-2-6-16(12)7-3-8-19(11-16)14(21)10-18-9-5-13(20)17-15(18)22/h5,9,12H,2-4,6-8,10-11H2,1H3,(H,17,20,22)/t12-,16+/m1/s1. The second-order valence-corrected chi connectivity index (χ2v) is 6.64. The number of aromatic amines is 1. The van der Waals surface area contributed by atoms with E-state index in [-0.39, 0.29) is 24.0 Å². The first kappa shape index (κ1) is 16.0. The van der Waals surface area contributed by atoms with Gasteiger partial charge in [-0.3, -0.25) is 19.1 Å². The van der Waals surface area contributed by atoms with E-state index < -0.39 is 11.2 Å². The quantitative estimate of drug-likeness (QED) is 0.870. The Morgan fingerprint density at radius 2 is 2.17 bits per heavy atom. The Morgan fingerprint density at radius 1 is 1.39 bits per heavy atom. The number of H-pyrrole nitrogens is 1. The lowest BCUT2D eigenvalue weighted by Crippen LogP contribution is -2.51. The molecule has 0 unspecified atom stereocenters. The Labute approximate surface area is 134 Å². The lowest BCUT2D eigenvalue weighted by atomic mass is 9.76. The molecule has 23 heavy (non-hydrogen) atoms. The maximum Gasteiger partial charge on any atom is 0.328 e. The lowest BCUT2D eigenvalue weighted by Gasteiger charge is -2.43. The van der Waals surface area contributed by atoms with Gasteiger partial charge in [0, 0.05) is 37.9 Å². The number of nitrogens with one attached hydrogen (secondary N) is 1. The van der Waals surface area contributed by atoms with Gasteiger partial charge in [0.05, 0.1) is 6.10 Å². The van der Waals surface area contributed by atoms with Gasteiger partial charge in [0.1, 0.15) is 6.54 Å². The fraction of sp³-hybridized carbons (Fsp3) is 0.688. The number of nitrogens with zero attached hydrogens (tertiary/aromatic N) is 2. The van der Waals surface area contributed by atoms with E-state index in [2.05, 4.69) is 4.98 Å². The van der Waals surface area contributed by atoms with Crippen molar-refractivity contribution in [3.8, 4) is 0 Å². The average Bonchev–Trinajstić information content (AvgIpc) is 2.92. The van der Waals surface area contributed by atoms with Crippen LogP contribution in [0.2, 0.25) is 0 Å². The molecule has 1 aliphatic heterocycles. The molecule has 1 aromatic heterocycles. The van der Waals surface area contributed by atoms with Gasteiger partial charge < -0.3 is 9.64 Å². The van der Waals surface area contributed by atoms with Crippen LogP contribution in [0.25, 0.3) is 0 Å². The lowest BCUT2D eigenvalue weighted by molar-refractivity contribution is -0.138. The second kappa shape index (κ2) is 6.31. The largest absolute Gasteiger partial charge is 0.381 e. The number of ether oxygens (including phenoxy) is 1. The summed E-state index contributed by atoms with van der Waals surface area (Å²) in [6.07, 6.45) is 6.92. The van der Waals surface area contributed by atoms with E-state index in [0.29, 0.717) is 6.54 Å². The highest BCUT2D eigenvalue weighted by Crippen LogP contribution is 2.46. The van der Waals surface area contributed by atoms with Crippen LogP contribution >= 0.6 is 0 Å². The van der Waals surface area contributed by atoms with Crippen molar-refractivity contribution in [2.24, 2.45) is 5.41 Å². The van der Waals surface area contributed by atoms with Crippen LogP contribution < -0.4 is 11.2 Å². The van der Waals surface area contributed by atoms with Crippen molar-refractivity contribution in [2.75, 3.05) is 20.2 Å². The van der Waals surface area contributed by atoms with Crippen molar-refractivity contribution < 1.29 is 9.53 Å². The number of amides is 1. The van der Waals surface area contributed by atoms with Crippen molar-refractivity contribution in [1.82, 2.24) is 14.5 Å². The Hall–Kier alpha value is -1.89. The summed E-state index contributed by atoms with van der Waals surface area (Å²) < 4.78 is 6.89. The summed E-state index contributed by atoms with van der Waals surface area (Å²) >= 11 is 0. The Kier molecular flexibility index (Phi) is 4.39. The van der Waals surface area contributed by atoms with Crippen LogP contribution in [-0.4, -0.2) is 46.7 Å². The number of hydrogen-bond donors (Lipinski definition) is 1. The van der Waals surface area contributed by atoms with Gasteiger partial charge in [0.2, 0.25) is 5.91 Å². The average molecular weight is 321 g/mol. The van der Waals surface area contributed by atoms with Crippen LogP contribution in [0.5, 0.6) is 0 Å². The van der Waals surface area contributed by atoms with Crippen molar-refractivity contribution >= 4 is 5.91 Å². The number of aromatic nitrogens is 2. The first-order valence-corrected chi connectivity index (χ1v) is 8.14. The molecule has 0 radical (unpaired) electrons. The minimum Gasteiger partial charge on any atom is -0.381 e. The topological polar surface area (TPSA) is 84.4 Å². The fourth-order valence-corrected chi connectivity index (χ4v) is 4.13. The summed E-state index contributed by atoms with van der Waals surface area (Å²) in [5.41, 5.74) is -0.934. The molecule has 1 aromatic rings. The predicted octanol–water partition coefficient (Wildman–Crippen LogP) is 0.344. The number of carbonyl (C=O) groups is 1. The zero-order valence-corrected chi connectivity index (χ0v) is 13.4. The minimum atomic E-state index is -0.548. The molecule has 2 aliphatic rings. The van der Waals surface area contributed by atoms with Crippen LogP contribution in [0, 0.1) is 5.41 Å². The molecule has 2 heterocycles. The van der Waals surface area contributed by atoms with Gasteiger partial charge >= 0.3 is 5.69 Å². The van der Waals surface area contributed by atoms with E-state index in [4.69, 9.17) is 4.74 Å². The van der Waals surface area contributed by atoms with E-state index in [0.717, 1.165) is 38.6 Å². The van der Waals surface area contributed by atoms with Gasteiger partial charge in [-0.05, 0) is 25.7 Å². The molecule has 3 rings (SSSR count). The van der Waals surface area contributed by atoms with E-state index in [9.17, 15) is 14.4 Å². The maximum absolute atomic E-state index is 12.6. The normalized spacial score (nSPS) is 27.5. The number of piperidine rings is 1. The summed E-state index contributed by atoms with van der Waals surface area (Å²) in [5, 5.41) is 0. The van der Waals surface area contributed by atoms with Gasteiger partial charge in [0.25, 0.3) is 5.56 Å². The smallest absolute Gasteiger partial charge is 0.328 e. The maximum atomic E-state index is 12.6. The fourth-order valence-electron chi connectivity index (χ4n) is 4.13. The summed E-state index contributed by atoms with van der Waals surface area (Å²) in [6.45, 7) is 1.38. The Bertz CT molecular complexity index is 695. The zero-order valence-electron chi connectivity index (χ0n) is 13.4. The van der Waals surface area contributed by atoms with Crippen LogP contribution in [0.4, 0.5) is 0 Å². The van der Waals surface area contributed by atoms with E-state index in [1.165, 1.54) is 16.8 Å². The third-order valence-electron chi connectivity index (χ3n) is 5.27. The van der Waals surface area contributed by atoms with Gasteiger partial charge in [-0.2, -0.15) is 0 Å². The summed E-state index contributed by atoms with van der Waals surface area (Å²) in [6, 6.07) is 1.25. The van der Waals surface area contributed by atoms with Crippen LogP contribution in [0.15, 0.2) is 21.9 Å². The first-order chi connectivity index (χ1) is 11.0. The third kappa shape index (κ3) is 3.10. The Morgan fingerprint density at radius 3 is 2.91 bits per heavy atom. The highest BCUT2D eigenvalue weighted by atomic mass is 16.5. The number of carbonyl (C=O) groups excluding carboxylic acids is 1. The molecule has 1 saturated heterocycles. The number of hydrogen-bond acceptors (Lipinski definition) is 4. The minimum absolute atomic E-state index is 0.0384. The molecule has 2 atom stereocenters. The molecule has 0 bridgehead atoms. The van der Waals surface area contributed by atoms with Crippen LogP contribution in [-0.2, 0) is 16.1 Å². The molecular weight excluding hydrogens is 298 g/mol. The molecule has 0 aromatic carbocycles. The van der Waals surface area contributed by atoms with Crippen molar-refractivity contribution in [3.63, 3.8) is 0 Å².